The van der Waals surface area contributed by atoms with Crippen LogP contribution in [0.25, 0.3) is 0 Å². The fraction of sp³-hybridized carbons (Fsp3) is 0.625. The van der Waals surface area contributed by atoms with Crippen molar-refractivity contribution in [1.82, 2.24) is 0 Å². The molecule has 0 atom stereocenters. The standard InChI is InChI=1S/C16H24O/c1-10-9-11(2)13(4)16(12(10)3)14-5-7-15(17)8-6-14/h9,14-15,17H,5-8H2,1-4H3. The lowest BCUT2D eigenvalue weighted by atomic mass is 9.77. The Labute approximate surface area is 105 Å². The number of aryl methyl sites for hydroxylation is 2. The summed E-state index contributed by atoms with van der Waals surface area (Å²) in [4.78, 5) is 0. The fourth-order valence-corrected chi connectivity index (χ4v) is 3.22. The van der Waals surface area contributed by atoms with Gasteiger partial charge in [-0.05, 0) is 87.1 Å². The van der Waals surface area contributed by atoms with Gasteiger partial charge in [0.2, 0.25) is 0 Å². The molecular formula is C16H24O. The van der Waals surface area contributed by atoms with E-state index in [0.29, 0.717) is 5.92 Å². The van der Waals surface area contributed by atoms with Crippen LogP contribution in [-0.4, -0.2) is 11.2 Å². The van der Waals surface area contributed by atoms with Gasteiger partial charge in [0, 0.05) is 0 Å². The Morgan fingerprint density at radius 1 is 0.882 bits per heavy atom. The van der Waals surface area contributed by atoms with Crippen LogP contribution < -0.4 is 0 Å². The van der Waals surface area contributed by atoms with Crippen LogP contribution in [0.1, 0.15) is 59.4 Å². The topological polar surface area (TPSA) is 20.2 Å². The second kappa shape index (κ2) is 4.81. The minimum atomic E-state index is -0.0576. The molecule has 0 aliphatic heterocycles. The van der Waals surface area contributed by atoms with E-state index in [1.54, 1.807) is 5.56 Å². The van der Waals surface area contributed by atoms with Crippen LogP contribution in [-0.2, 0) is 0 Å². The van der Waals surface area contributed by atoms with Crippen LogP contribution in [0.3, 0.4) is 0 Å². The summed E-state index contributed by atoms with van der Waals surface area (Å²) in [7, 11) is 0. The zero-order valence-corrected chi connectivity index (χ0v) is 11.5. The first-order valence-electron chi connectivity index (χ1n) is 6.76. The number of hydrogen-bond acceptors (Lipinski definition) is 1. The van der Waals surface area contributed by atoms with Gasteiger partial charge in [0.05, 0.1) is 6.10 Å². The molecule has 0 spiro atoms. The minimum absolute atomic E-state index is 0.0576. The van der Waals surface area contributed by atoms with Crippen LogP contribution in [0.15, 0.2) is 6.07 Å². The SMILES string of the molecule is Cc1cc(C)c(C)c(C2CCC(O)CC2)c1C. The first-order valence-corrected chi connectivity index (χ1v) is 6.76. The monoisotopic (exact) mass is 232 g/mol. The maximum absolute atomic E-state index is 9.62. The second-order valence-corrected chi connectivity index (χ2v) is 5.68. The minimum Gasteiger partial charge on any atom is -0.393 e. The molecule has 0 saturated heterocycles. The van der Waals surface area contributed by atoms with E-state index < -0.39 is 0 Å². The fourth-order valence-electron chi connectivity index (χ4n) is 3.22. The summed E-state index contributed by atoms with van der Waals surface area (Å²) < 4.78 is 0. The van der Waals surface area contributed by atoms with Gasteiger partial charge < -0.3 is 5.11 Å². The molecule has 1 nitrogen and oxygen atoms in total. The first-order chi connectivity index (χ1) is 8.00. The van der Waals surface area contributed by atoms with Crippen LogP contribution in [0.4, 0.5) is 0 Å². The summed E-state index contributed by atoms with van der Waals surface area (Å²) in [5, 5.41) is 9.62. The Hall–Kier alpha value is -0.820. The molecule has 0 heterocycles. The van der Waals surface area contributed by atoms with Gasteiger partial charge in [-0.1, -0.05) is 6.07 Å². The van der Waals surface area contributed by atoms with Crippen molar-refractivity contribution in [3.05, 3.63) is 33.9 Å². The van der Waals surface area contributed by atoms with E-state index in [0.717, 1.165) is 25.7 Å². The average molecular weight is 232 g/mol. The van der Waals surface area contributed by atoms with Gasteiger partial charge >= 0.3 is 0 Å². The predicted molar refractivity (Wildman–Crippen MR) is 72.6 cm³/mol. The maximum atomic E-state index is 9.62. The second-order valence-electron chi connectivity index (χ2n) is 5.68. The highest BCUT2D eigenvalue weighted by Crippen LogP contribution is 2.38. The Morgan fingerprint density at radius 3 is 1.82 bits per heavy atom. The van der Waals surface area contributed by atoms with E-state index in [2.05, 4.69) is 33.8 Å². The van der Waals surface area contributed by atoms with E-state index in [4.69, 9.17) is 0 Å². The van der Waals surface area contributed by atoms with E-state index >= 15 is 0 Å². The molecule has 17 heavy (non-hydrogen) atoms. The van der Waals surface area contributed by atoms with E-state index in [-0.39, 0.29) is 6.10 Å². The Bertz CT molecular complexity index is 386. The van der Waals surface area contributed by atoms with Gasteiger partial charge in [-0.15, -0.1) is 0 Å². The van der Waals surface area contributed by atoms with Gasteiger partial charge in [0.25, 0.3) is 0 Å². The third-order valence-corrected chi connectivity index (χ3v) is 4.53. The van der Waals surface area contributed by atoms with Crippen LogP contribution in [0, 0.1) is 27.7 Å². The summed E-state index contributed by atoms with van der Waals surface area (Å²) >= 11 is 0. The Morgan fingerprint density at radius 2 is 1.35 bits per heavy atom. The molecule has 1 N–H and O–H groups in total. The van der Waals surface area contributed by atoms with Gasteiger partial charge in [0.15, 0.2) is 0 Å². The number of aliphatic hydroxyl groups excluding tert-OH is 1. The van der Waals surface area contributed by atoms with Gasteiger partial charge in [-0.2, -0.15) is 0 Å². The summed E-state index contributed by atoms with van der Waals surface area (Å²) in [6, 6.07) is 2.30. The lowest BCUT2D eigenvalue weighted by Gasteiger charge is -2.29. The summed E-state index contributed by atoms with van der Waals surface area (Å²) in [6.45, 7) is 8.93. The highest BCUT2D eigenvalue weighted by Gasteiger charge is 2.24. The molecular weight excluding hydrogens is 208 g/mol. The van der Waals surface area contributed by atoms with Gasteiger partial charge in [-0.25, -0.2) is 0 Å². The van der Waals surface area contributed by atoms with Crippen LogP contribution >= 0.6 is 0 Å². The molecule has 0 amide bonds. The van der Waals surface area contributed by atoms with E-state index in [1.807, 2.05) is 0 Å². The Balaban J connectivity index is 2.37. The zero-order chi connectivity index (χ0) is 12.6. The highest BCUT2D eigenvalue weighted by molar-refractivity contribution is 5.46. The highest BCUT2D eigenvalue weighted by atomic mass is 16.3. The predicted octanol–water partition coefficient (Wildman–Crippen LogP) is 3.94. The van der Waals surface area contributed by atoms with Gasteiger partial charge in [0.1, 0.15) is 0 Å². The van der Waals surface area contributed by atoms with Crippen molar-refractivity contribution in [2.45, 2.75) is 65.4 Å². The summed E-state index contributed by atoms with van der Waals surface area (Å²) in [6.07, 6.45) is 4.17. The molecule has 1 aliphatic carbocycles. The van der Waals surface area contributed by atoms with Crippen LogP contribution in [0.2, 0.25) is 0 Å². The summed E-state index contributed by atoms with van der Waals surface area (Å²) in [5.74, 6) is 0.664. The summed E-state index contributed by atoms with van der Waals surface area (Å²) in [5.41, 5.74) is 7.32. The quantitative estimate of drug-likeness (QED) is 0.777. The number of aliphatic hydroxyl groups is 1. The molecule has 1 fully saturated rings. The molecule has 1 heteroatoms. The molecule has 1 saturated carbocycles. The molecule has 1 aromatic carbocycles. The number of hydrogen-bond donors (Lipinski definition) is 1. The molecule has 0 unspecified atom stereocenters. The third kappa shape index (κ3) is 2.40. The average Bonchev–Trinajstić information content (AvgIpc) is 2.29. The van der Waals surface area contributed by atoms with Crippen molar-refractivity contribution in [3.63, 3.8) is 0 Å². The molecule has 0 radical (unpaired) electrons. The van der Waals surface area contributed by atoms with E-state index in [9.17, 15) is 5.11 Å². The largest absolute Gasteiger partial charge is 0.393 e. The third-order valence-electron chi connectivity index (χ3n) is 4.53. The number of benzene rings is 1. The molecule has 94 valence electrons. The Kier molecular flexibility index (Phi) is 3.58. The van der Waals surface area contributed by atoms with Crippen molar-refractivity contribution < 1.29 is 5.11 Å². The van der Waals surface area contributed by atoms with Crippen LogP contribution in [0.5, 0.6) is 0 Å². The van der Waals surface area contributed by atoms with Crippen molar-refractivity contribution in [2.75, 3.05) is 0 Å². The lowest BCUT2D eigenvalue weighted by Crippen LogP contribution is -2.18. The first kappa shape index (κ1) is 12.6. The van der Waals surface area contributed by atoms with E-state index in [1.165, 1.54) is 22.3 Å². The molecule has 1 aromatic rings. The van der Waals surface area contributed by atoms with Crippen molar-refractivity contribution in [1.29, 1.82) is 0 Å². The molecule has 1 aliphatic rings. The molecule has 0 bridgehead atoms. The van der Waals surface area contributed by atoms with Crippen molar-refractivity contribution in [2.24, 2.45) is 0 Å². The van der Waals surface area contributed by atoms with Crippen molar-refractivity contribution >= 4 is 0 Å². The lowest BCUT2D eigenvalue weighted by molar-refractivity contribution is 0.122. The smallest absolute Gasteiger partial charge is 0.0540 e. The number of rotatable bonds is 1. The maximum Gasteiger partial charge on any atom is 0.0540 e. The molecule has 2 rings (SSSR count). The molecule has 0 aromatic heterocycles. The van der Waals surface area contributed by atoms with Gasteiger partial charge in [-0.3, -0.25) is 0 Å². The van der Waals surface area contributed by atoms with Crippen molar-refractivity contribution in [3.8, 4) is 0 Å². The normalized spacial score (nSPS) is 25.0. The zero-order valence-electron chi connectivity index (χ0n) is 11.5.